The van der Waals surface area contributed by atoms with Crippen molar-refractivity contribution in [3.8, 4) is 0 Å². The van der Waals surface area contributed by atoms with Gasteiger partial charge in [-0.2, -0.15) is 0 Å². The number of carboxylic acids is 1. The van der Waals surface area contributed by atoms with Crippen LogP contribution in [0.3, 0.4) is 0 Å². The Labute approximate surface area is 97.4 Å². The highest BCUT2D eigenvalue weighted by atomic mass is 16.4. The summed E-state index contributed by atoms with van der Waals surface area (Å²) in [6, 6.07) is -0.776. The highest BCUT2D eigenvalue weighted by Gasteiger charge is 2.23. The summed E-state index contributed by atoms with van der Waals surface area (Å²) < 4.78 is 0. The third-order valence-corrected chi connectivity index (χ3v) is 2.88. The summed E-state index contributed by atoms with van der Waals surface area (Å²) in [4.78, 5) is 22.5. The first-order valence-electron chi connectivity index (χ1n) is 5.94. The maximum Gasteiger partial charge on any atom is 0.326 e. The number of rotatable bonds is 7. The van der Waals surface area contributed by atoms with Gasteiger partial charge in [0.05, 0.1) is 0 Å². The van der Waals surface area contributed by atoms with Gasteiger partial charge in [-0.25, -0.2) is 4.79 Å². The van der Waals surface area contributed by atoms with E-state index >= 15 is 0 Å². The van der Waals surface area contributed by atoms with E-state index < -0.39 is 12.0 Å². The predicted molar refractivity (Wildman–Crippen MR) is 63.1 cm³/mol. The van der Waals surface area contributed by atoms with Gasteiger partial charge in [0.15, 0.2) is 0 Å². The zero-order chi connectivity index (χ0) is 12.7. The van der Waals surface area contributed by atoms with Crippen molar-refractivity contribution in [3.05, 3.63) is 0 Å². The van der Waals surface area contributed by atoms with E-state index in [2.05, 4.69) is 5.32 Å². The summed E-state index contributed by atoms with van der Waals surface area (Å²) in [6.45, 7) is 7.66. The third kappa shape index (κ3) is 5.14. The van der Waals surface area contributed by atoms with Crippen LogP contribution < -0.4 is 5.32 Å². The van der Waals surface area contributed by atoms with E-state index in [1.807, 2.05) is 13.8 Å². The van der Waals surface area contributed by atoms with E-state index in [1.165, 1.54) is 0 Å². The van der Waals surface area contributed by atoms with E-state index in [0.29, 0.717) is 12.3 Å². The largest absolute Gasteiger partial charge is 0.480 e. The monoisotopic (exact) mass is 229 g/mol. The molecule has 0 aromatic carbocycles. The van der Waals surface area contributed by atoms with E-state index in [4.69, 9.17) is 5.11 Å². The number of aliphatic carboxylic acids is 1. The predicted octanol–water partition coefficient (Wildman–Crippen LogP) is 2.04. The lowest BCUT2D eigenvalue weighted by molar-refractivity contribution is -0.143. The van der Waals surface area contributed by atoms with Gasteiger partial charge in [-0.3, -0.25) is 4.79 Å². The van der Waals surface area contributed by atoms with Gasteiger partial charge in [0.2, 0.25) is 5.91 Å². The third-order valence-electron chi connectivity index (χ3n) is 2.88. The molecular formula is C12H23NO3. The molecule has 0 radical (unpaired) electrons. The smallest absolute Gasteiger partial charge is 0.326 e. The molecule has 1 atom stereocenters. The molecule has 1 amide bonds. The first-order chi connectivity index (χ1) is 7.42. The van der Waals surface area contributed by atoms with E-state index in [1.54, 1.807) is 13.8 Å². The molecule has 2 N–H and O–H groups in total. The molecule has 0 aliphatic carbocycles. The zero-order valence-corrected chi connectivity index (χ0v) is 10.6. The molecule has 0 aromatic heterocycles. The summed E-state index contributed by atoms with van der Waals surface area (Å²) >= 11 is 0. The molecule has 16 heavy (non-hydrogen) atoms. The summed E-state index contributed by atoms with van der Waals surface area (Å²) in [5.74, 6) is -0.868. The Kier molecular flexibility index (Phi) is 6.77. The van der Waals surface area contributed by atoms with E-state index in [0.717, 1.165) is 12.8 Å². The van der Waals surface area contributed by atoms with Crippen molar-refractivity contribution >= 4 is 11.9 Å². The second kappa shape index (κ2) is 7.25. The lowest BCUT2D eigenvalue weighted by atomic mass is 9.98. The van der Waals surface area contributed by atoms with Crippen LogP contribution in [0.25, 0.3) is 0 Å². The number of carbonyl (C=O) groups is 2. The van der Waals surface area contributed by atoms with Crippen molar-refractivity contribution < 1.29 is 14.7 Å². The summed E-state index contributed by atoms with van der Waals surface area (Å²) in [7, 11) is 0. The maximum atomic E-state index is 11.6. The van der Waals surface area contributed by atoms with Gasteiger partial charge in [-0.05, 0) is 11.8 Å². The topological polar surface area (TPSA) is 66.4 Å². The number of carboxylic acid groups (broad SMARTS) is 1. The fourth-order valence-corrected chi connectivity index (χ4v) is 1.59. The number of hydrogen-bond donors (Lipinski definition) is 2. The molecule has 0 aromatic rings. The highest BCUT2D eigenvalue weighted by molar-refractivity contribution is 5.83. The minimum absolute atomic E-state index is 0.0943. The van der Waals surface area contributed by atoms with Crippen LogP contribution in [0, 0.1) is 11.8 Å². The number of amides is 1. The van der Waals surface area contributed by atoms with Crippen LogP contribution in [0.5, 0.6) is 0 Å². The van der Waals surface area contributed by atoms with Gasteiger partial charge >= 0.3 is 5.97 Å². The highest BCUT2D eigenvalue weighted by Crippen LogP contribution is 2.12. The molecule has 0 saturated carbocycles. The van der Waals surface area contributed by atoms with Crippen LogP contribution in [0.2, 0.25) is 0 Å². The minimum Gasteiger partial charge on any atom is -0.480 e. The van der Waals surface area contributed by atoms with Crippen LogP contribution >= 0.6 is 0 Å². The Balaban J connectivity index is 4.25. The molecule has 0 aliphatic rings. The molecule has 0 rings (SSSR count). The molecule has 0 fully saturated rings. The van der Waals surface area contributed by atoms with E-state index in [-0.39, 0.29) is 11.8 Å². The van der Waals surface area contributed by atoms with Gasteiger partial charge in [-0.1, -0.05) is 40.5 Å². The molecule has 0 saturated heterocycles. The van der Waals surface area contributed by atoms with Crippen molar-refractivity contribution in [1.82, 2.24) is 5.32 Å². The average molecular weight is 229 g/mol. The minimum atomic E-state index is -0.965. The lowest BCUT2D eigenvalue weighted by Gasteiger charge is -2.19. The van der Waals surface area contributed by atoms with Gasteiger partial charge in [0, 0.05) is 6.42 Å². The molecule has 0 aliphatic heterocycles. The maximum absolute atomic E-state index is 11.6. The fourth-order valence-electron chi connectivity index (χ4n) is 1.59. The van der Waals surface area contributed by atoms with Crippen molar-refractivity contribution in [1.29, 1.82) is 0 Å². The Morgan fingerprint density at radius 2 is 1.69 bits per heavy atom. The van der Waals surface area contributed by atoms with Crippen LogP contribution in [-0.2, 0) is 9.59 Å². The molecule has 1 unspecified atom stereocenters. The first kappa shape index (κ1) is 14.9. The Bertz CT molecular complexity index is 234. The average Bonchev–Trinajstić information content (AvgIpc) is 2.21. The quantitative estimate of drug-likeness (QED) is 0.702. The molecule has 0 bridgehead atoms. The Hall–Kier alpha value is -1.06. The van der Waals surface area contributed by atoms with Crippen LogP contribution in [0.1, 0.15) is 47.0 Å². The summed E-state index contributed by atoms with van der Waals surface area (Å²) in [5.41, 5.74) is 0. The summed E-state index contributed by atoms with van der Waals surface area (Å²) in [5, 5.41) is 11.5. The second-order valence-corrected chi connectivity index (χ2v) is 4.51. The van der Waals surface area contributed by atoms with Crippen LogP contribution in [-0.4, -0.2) is 23.0 Å². The summed E-state index contributed by atoms with van der Waals surface area (Å²) in [6.07, 6.45) is 2.32. The van der Waals surface area contributed by atoms with Crippen molar-refractivity contribution in [2.24, 2.45) is 11.8 Å². The number of carbonyl (C=O) groups excluding carboxylic acids is 1. The zero-order valence-electron chi connectivity index (χ0n) is 10.6. The molecule has 4 heteroatoms. The van der Waals surface area contributed by atoms with Crippen molar-refractivity contribution in [3.63, 3.8) is 0 Å². The second-order valence-electron chi connectivity index (χ2n) is 4.51. The van der Waals surface area contributed by atoms with Crippen LogP contribution in [0.4, 0.5) is 0 Å². The Morgan fingerprint density at radius 3 is 2.00 bits per heavy atom. The van der Waals surface area contributed by atoms with Crippen molar-refractivity contribution in [2.75, 3.05) is 0 Å². The van der Waals surface area contributed by atoms with Crippen LogP contribution in [0.15, 0.2) is 0 Å². The lowest BCUT2D eigenvalue weighted by Crippen LogP contribution is -2.44. The van der Waals surface area contributed by atoms with Gasteiger partial charge < -0.3 is 10.4 Å². The Morgan fingerprint density at radius 1 is 1.19 bits per heavy atom. The molecule has 0 spiro atoms. The standard InChI is InChI=1S/C12H23NO3/c1-5-9(6-2)7-10(14)13-11(8(3)4)12(15)16/h8-9,11H,5-7H2,1-4H3,(H,13,14)(H,15,16). The van der Waals surface area contributed by atoms with Crippen molar-refractivity contribution in [2.45, 2.75) is 53.0 Å². The van der Waals surface area contributed by atoms with Gasteiger partial charge in [0.25, 0.3) is 0 Å². The molecule has 4 nitrogen and oxygen atoms in total. The number of nitrogens with one attached hydrogen (secondary N) is 1. The molecule has 0 heterocycles. The number of hydrogen-bond acceptors (Lipinski definition) is 2. The molecular weight excluding hydrogens is 206 g/mol. The SMILES string of the molecule is CCC(CC)CC(=O)NC(C(=O)O)C(C)C. The van der Waals surface area contributed by atoms with E-state index in [9.17, 15) is 9.59 Å². The fraction of sp³-hybridized carbons (Fsp3) is 0.833. The van der Waals surface area contributed by atoms with Gasteiger partial charge in [0.1, 0.15) is 6.04 Å². The van der Waals surface area contributed by atoms with Gasteiger partial charge in [-0.15, -0.1) is 0 Å². The first-order valence-corrected chi connectivity index (χ1v) is 5.94. The normalized spacial score (nSPS) is 12.9. The molecule has 94 valence electrons.